The van der Waals surface area contributed by atoms with E-state index in [1.807, 2.05) is 0 Å². The van der Waals surface area contributed by atoms with Gasteiger partial charge >= 0.3 is 6.18 Å². The number of rotatable bonds is 3. The van der Waals surface area contributed by atoms with Crippen LogP contribution in [0, 0.1) is 11.3 Å². The van der Waals surface area contributed by atoms with E-state index in [0.717, 1.165) is 12.3 Å². The summed E-state index contributed by atoms with van der Waals surface area (Å²) in [4.78, 5) is 19.6. The summed E-state index contributed by atoms with van der Waals surface area (Å²) in [5.74, 6) is 0.0640. The molecule has 1 amide bonds. The van der Waals surface area contributed by atoms with E-state index in [-0.39, 0.29) is 16.7 Å². The van der Waals surface area contributed by atoms with Gasteiger partial charge in [-0.25, -0.2) is 4.98 Å². The van der Waals surface area contributed by atoms with E-state index in [4.69, 9.17) is 16.9 Å². The molecule has 29 heavy (non-hydrogen) atoms. The van der Waals surface area contributed by atoms with Gasteiger partial charge in [0.2, 0.25) is 5.91 Å². The molecule has 1 aromatic carbocycles. The molecule has 0 spiro atoms. The molecule has 0 aliphatic carbocycles. The van der Waals surface area contributed by atoms with Crippen molar-refractivity contribution in [3.63, 3.8) is 0 Å². The van der Waals surface area contributed by atoms with Crippen molar-refractivity contribution in [3.8, 4) is 6.07 Å². The van der Waals surface area contributed by atoms with Crippen LogP contribution in [0.2, 0.25) is 5.02 Å². The molecule has 150 valence electrons. The molecule has 1 aromatic heterocycles. The van der Waals surface area contributed by atoms with E-state index in [1.165, 1.54) is 6.08 Å². The van der Waals surface area contributed by atoms with Crippen LogP contribution in [0.4, 0.5) is 19.0 Å². The zero-order valence-electron chi connectivity index (χ0n) is 15.2. The molecule has 1 aliphatic heterocycles. The van der Waals surface area contributed by atoms with Crippen molar-refractivity contribution in [2.75, 3.05) is 31.1 Å². The summed E-state index contributed by atoms with van der Waals surface area (Å²) in [6.45, 7) is 1.54. The van der Waals surface area contributed by atoms with Crippen molar-refractivity contribution >= 4 is 29.4 Å². The fourth-order valence-electron chi connectivity index (χ4n) is 2.97. The lowest BCUT2D eigenvalue weighted by atomic mass is 10.1. The van der Waals surface area contributed by atoms with Crippen molar-refractivity contribution in [2.24, 2.45) is 0 Å². The van der Waals surface area contributed by atoms with E-state index < -0.39 is 11.7 Å². The minimum atomic E-state index is -4.50. The highest BCUT2D eigenvalue weighted by molar-refractivity contribution is 6.33. The molecule has 1 saturated heterocycles. The first kappa shape index (κ1) is 20.7. The lowest BCUT2D eigenvalue weighted by molar-refractivity contribution is -0.137. The third-order valence-electron chi connectivity index (χ3n) is 4.53. The Bertz CT molecular complexity index is 976. The van der Waals surface area contributed by atoms with Gasteiger partial charge in [0.15, 0.2) is 0 Å². The standard InChI is InChI=1S/C20H16ClF3N4O/c21-17-11-16(20(22,23)24)13-26-19(17)28-9-7-27(8-10-28)18(29)6-5-14-3-1-2-4-15(14)12-25/h1-6,11,13H,7-10H2/b6-5+. The van der Waals surface area contributed by atoms with Gasteiger partial charge in [0, 0.05) is 38.5 Å². The minimum absolute atomic E-state index is 0.0763. The molecule has 1 fully saturated rings. The van der Waals surface area contributed by atoms with E-state index in [2.05, 4.69) is 11.1 Å². The molecule has 5 nitrogen and oxygen atoms in total. The predicted octanol–water partition coefficient (Wildman–Crippen LogP) is 3.99. The van der Waals surface area contributed by atoms with Gasteiger partial charge in [0.25, 0.3) is 0 Å². The minimum Gasteiger partial charge on any atom is -0.352 e. The van der Waals surface area contributed by atoms with Crippen LogP contribution in [0.3, 0.4) is 0 Å². The van der Waals surface area contributed by atoms with E-state index in [1.54, 1.807) is 40.1 Å². The van der Waals surface area contributed by atoms with Gasteiger partial charge in [-0.15, -0.1) is 0 Å². The summed E-state index contributed by atoms with van der Waals surface area (Å²) >= 11 is 5.99. The highest BCUT2D eigenvalue weighted by Gasteiger charge is 2.32. The summed E-state index contributed by atoms with van der Waals surface area (Å²) in [6, 6.07) is 9.88. The van der Waals surface area contributed by atoms with Gasteiger partial charge < -0.3 is 9.80 Å². The van der Waals surface area contributed by atoms with Crippen LogP contribution in [-0.2, 0) is 11.0 Å². The molecule has 2 aromatic rings. The normalized spacial score (nSPS) is 14.9. The first-order valence-corrected chi connectivity index (χ1v) is 9.11. The van der Waals surface area contributed by atoms with Crippen molar-refractivity contribution < 1.29 is 18.0 Å². The number of piperazine rings is 1. The van der Waals surface area contributed by atoms with Gasteiger partial charge in [0.1, 0.15) is 5.82 Å². The Balaban J connectivity index is 1.63. The Hall–Kier alpha value is -3.05. The summed E-state index contributed by atoms with van der Waals surface area (Å²) in [5, 5.41) is 9.01. The number of anilines is 1. The molecule has 0 N–H and O–H groups in total. The monoisotopic (exact) mass is 420 g/mol. The number of pyridine rings is 1. The topological polar surface area (TPSA) is 60.2 Å². The Morgan fingerprint density at radius 2 is 1.90 bits per heavy atom. The summed E-state index contributed by atoms with van der Waals surface area (Å²) in [6.07, 6.45) is -0.734. The molecule has 0 unspecified atom stereocenters. The van der Waals surface area contributed by atoms with Gasteiger partial charge in [0.05, 0.1) is 22.2 Å². The number of amides is 1. The van der Waals surface area contributed by atoms with Crippen LogP contribution >= 0.6 is 11.6 Å². The van der Waals surface area contributed by atoms with Gasteiger partial charge in [-0.3, -0.25) is 4.79 Å². The van der Waals surface area contributed by atoms with Crippen molar-refractivity contribution in [3.05, 3.63) is 64.3 Å². The van der Waals surface area contributed by atoms with Crippen molar-refractivity contribution in [2.45, 2.75) is 6.18 Å². The van der Waals surface area contributed by atoms with Crippen LogP contribution in [-0.4, -0.2) is 42.0 Å². The van der Waals surface area contributed by atoms with E-state index >= 15 is 0 Å². The summed E-state index contributed by atoms with van der Waals surface area (Å²) in [5.41, 5.74) is 0.231. The van der Waals surface area contributed by atoms with Crippen LogP contribution in [0.1, 0.15) is 16.7 Å². The maximum absolute atomic E-state index is 12.7. The van der Waals surface area contributed by atoms with Gasteiger partial charge in [-0.1, -0.05) is 29.8 Å². The summed E-state index contributed by atoms with van der Waals surface area (Å²) in [7, 11) is 0. The molecular weight excluding hydrogens is 405 g/mol. The number of nitriles is 1. The third kappa shape index (κ3) is 4.87. The number of carbonyl (C=O) groups excluding carboxylic acids is 1. The van der Waals surface area contributed by atoms with E-state index in [9.17, 15) is 18.0 Å². The second kappa shape index (κ2) is 8.53. The largest absolute Gasteiger partial charge is 0.417 e. The number of carbonyl (C=O) groups is 1. The number of hydrogen-bond acceptors (Lipinski definition) is 4. The van der Waals surface area contributed by atoms with Crippen molar-refractivity contribution in [1.29, 1.82) is 5.26 Å². The van der Waals surface area contributed by atoms with Gasteiger partial charge in [-0.2, -0.15) is 18.4 Å². The molecule has 3 rings (SSSR count). The zero-order valence-corrected chi connectivity index (χ0v) is 15.9. The molecule has 0 saturated carbocycles. The van der Waals surface area contributed by atoms with Crippen LogP contribution < -0.4 is 4.90 Å². The Labute approximate surface area is 170 Å². The second-order valence-electron chi connectivity index (χ2n) is 6.37. The third-order valence-corrected chi connectivity index (χ3v) is 4.80. The maximum Gasteiger partial charge on any atom is 0.417 e. The van der Waals surface area contributed by atoms with Crippen molar-refractivity contribution in [1.82, 2.24) is 9.88 Å². The maximum atomic E-state index is 12.7. The number of hydrogen-bond donors (Lipinski definition) is 0. The quantitative estimate of drug-likeness (QED) is 0.704. The lowest BCUT2D eigenvalue weighted by Crippen LogP contribution is -2.48. The molecule has 0 radical (unpaired) electrons. The van der Waals surface area contributed by atoms with Gasteiger partial charge in [-0.05, 0) is 23.8 Å². The second-order valence-corrected chi connectivity index (χ2v) is 6.78. The SMILES string of the molecule is N#Cc1ccccc1/C=C/C(=O)N1CCN(c2ncc(C(F)(F)F)cc2Cl)CC1. The smallest absolute Gasteiger partial charge is 0.352 e. The average Bonchev–Trinajstić information content (AvgIpc) is 2.71. The summed E-state index contributed by atoms with van der Waals surface area (Å²) < 4.78 is 38.2. The van der Waals surface area contributed by atoms with Crippen LogP contribution in [0.25, 0.3) is 6.08 Å². The fraction of sp³-hybridized carbons (Fsp3) is 0.250. The molecular formula is C20H16ClF3N4O. The molecule has 2 heterocycles. The number of alkyl halides is 3. The Kier molecular flexibility index (Phi) is 6.09. The predicted molar refractivity (Wildman–Crippen MR) is 103 cm³/mol. The first-order valence-electron chi connectivity index (χ1n) is 8.73. The first-order chi connectivity index (χ1) is 13.8. The zero-order chi connectivity index (χ0) is 21.0. The number of halogens is 4. The number of aromatic nitrogens is 1. The lowest BCUT2D eigenvalue weighted by Gasteiger charge is -2.35. The number of nitrogens with zero attached hydrogens (tertiary/aromatic N) is 4. The van der Waals surface area contributed by atoms with Crippen LogP contribution in [0.5, 0.6) is 0 Å². The average molecular weight is 421 g/mol. The molecule has 1 aliphatic rings. The highest BCUT2D eigenvalue weighted by atomic mass is 35.5. The number of benzene rings is 1. The van der Waals surface area contributed by atoms with E-state index in [0.29, 0.717) is 37.3 Å². The Morgan fingerprint density at radius 1 is 1.21 bits per heavy atom. The molecule has 0 atom stereocenters. The van der Waals surface area contributed by atoms with Crippen LogP contribution in [0.15, 0.2) is 42.6 Å². The highest BCUT2D eigenvalue weighted by Crippen LogP contribution is 2.33. The molecule has 0 bridgehead atoms. The fourth-order valence-corrected chi connectivity index (χ4v) is 3.25. The Morgan fingerprint density at radius 3 is 2.52 bits per heavy atom. The molecule has 9 heteroatoms.